The van der Waals surface area contributed by atoms with Crippen LogP contribution >= 0.6 is 7.60 Å². The van der Waals surface area contributed by atoms with Crippen molar-refractivity contribution in [2.45, 2.75) is 27.7 Å². The molecular formula is C18H23O3P. The molecule has 0 aliphatic rings. The molecule has 0 radical (unpaired) electrons. The first-order valence-corrected chi connectivity index (χ1v) is 9.12. The van der Waals surface area contributed by atoms with Crippen LogP contribution in [0.3, 0.4) is 0 Å². The molecule has 0 amide bonds. The molecule has 0 saturated carbocycles. The molecule has 22 heavy (non-hydrogen) atoms. The third kappa shape index (κ3) is 3.49. The van der Waals surface area contributed by atoms with Crippen molar-refractivity contribution in [2.24, 2.45) is 0 Å². The maximum Gasteiger partial charge on any atom is 0.361 e. The van der Waals surface area contributed by atoms with Gasteiger partial charge in [0.05, 0.1) is 18.5 Å². The normalized spacial score (nSPS) is 11.6. The first-order valence-electron chi connectivity index (χ1n) is 7.58. The van der Waals surface area contributed by atoms with Gasteiger partial charge in [0, 0.05) is 0 Å². The Hall–Kier alpha value is -1.41. The Bertz CT molecular complexity index is 647. The fourth-order valence-corrected chi connectivity index (χ4v) is 4.70. The van der Waals surface area contributed by atoms with Crippen molar-refractivity contribution in [3.05, 3.63) is 53.6 Å². The van der Waals surface area contributed by atoms with E-state index in [4.69, 9.17) is 9.05 Å². The molecule has 0 spiro atoms. The Labute approximate surface area is 132 Å². The number of benzene rings is 2. The zero-order valence-electron chi connectivity index (χ0n) is 13.6. The molecule has 0 aromatic heterocycles. The van der Waals surface area contributed by atoms with Crippen molar-refractivity contribution in [2.75, 3.05) is 13.2 Å². The second-order valence-corrected chi connectivity index (χ2v) is 7.12. The van der Waals surface area contributed by atoms with E-state index in [1.807, 2.05) is 58.0 Å². The summed E-state index contributed by atoms with van der Waals surface area (Å²) in [5, 5.41) is 0.691. The van der Waals surface area contributed by atoms with Crippen LogP contribution in [0.5, 0.6) is 0 Å². The molecule has 0 aliphatic carbocycles. The summed E-state index contributed by atoms with van der Waals surface area (Å²) >= 11 is 0. The van der Waals surface area contributed by atoms with E-state index in [2.05, 4.69) is 12.1 Å². The van der Waals surface area contributed by atoms with Crippen LogP contribution in [0.15, 0.2) is 42.5 Å². The highest BCUT2D eigenvalue weighted by Gasteiger charge is 2.30. The van der Waals surface area contributed by atoms with Gasteiger partial charge in [0.2, 0.25) is 0 Å². The summed E-state index contributed by atoms with van der Waals surface area (Å²) in [6.45, 7) is 8.29. The van der Waals surface area contributed by atoms with Gasteiger partial charge in [-0.25, -0.2) is 0 Å². The minimum Gasteiger partial charge on any atom is -0.305 e. The summed E-state index contributed by atoms with van der Waals surface area (Å²) < 4.78 is 24.1. The monoisotopic (exact) mass is 318 g/mol. The van der Waals surface area contributed by atoms with E-state index in [1.165, 1.54) is 0 Å². The highest BCUT2D eigenvalue weighted by molar-refractivity contribution is 7.62. The summed E-state index contributed by atoms with van der Waals surface area (Å²) in [4.78, 5) is 0. The predicted octanol–water partition coefficient (Wildman–Crippen LogP) is 4.86. The Morgan fingerprint density at radius 2 is 1.36 bits per heavy atom. The van der Waals surface area contributed by atoms with Gasteiger partial charge < -0.3 is 9.05 Å². The lowest BCUT2D eigenvalue weighted by Crippen LogP contribution is -2.17. The molecule has 118 valence electrons. The lowest BCUT2D eigenvalue weighted by Gasteiger charge is -2.21. The number of aryl methyl sites for hydroxylation is 2. The minimum absolute atomic E-state index is 0.358. The molecule has 2 aromatic carbocycles. The smallest absolute Gasteiger partial charge is 0.305 e. The van der Waals surface area contributed by atoms with E-state index >= 15 is 0 Å². The summed E-state index contributed by atoms with van der Waals surface area (Å²) in [6, 6.07) is 14.2. The maximum absolute atomic E-state index is 13.1. The molecular weight excluding hydrogens is 295 g/mol. The molecule has 0 saturated heterocycles. The van der Waals surface area contributed by atoms with Gasteiger partial charge in [0.1, 0.15) is 0 Å². The molecule has 2 aromatic rings. The quantitative estimate of drug-likeness (QED) is 0.713. The van der Waals surface area contributed by atoms with Crippen molar-refractivity contribution in [1.82, 2.24) is 0 Å². The van der Waals surface area contributed by atoms with Crippen molar-refractivity contribution in [3.8, 4) is 11.1 Å². The minimum atomic E-state index is -3.26. The van der Waals surface area contributed by atoms with Gasteiger partial charge in [0.25, 0.3) is 0 Å². The lowest BCUT2D eigenvalue weighted by atomic mass is 10.0. The first kappa shape index (κ1) is 17.0. The highest BCUT2D eigenvalue weighted by atomic mass is 31.2. The Kier molecular flexibility index (Phi) is 5.57. The average molecular weight is 318 g/mol. The van der Waals surface area contributed by atoms with Gasteiger partial charge in [-0.05, 0) is 49.9 Å². The predicted molar refractivity (Wildman–Crippen MR) is 91.8 cm³/mol. The number of rotatable bonds is 6. The van der Waals surface area contributed by atoms with E-state index in [9.17, 15) is 4.57 Å². The maximum atomic E-state index is 13.1. The molecule has 0 heterocycles. The molecule has 3 nitrogen and oxygen atoms in total. The van der Waals surface area contributed by atoms with Crippen LogP contribution in [-0.2, 0) is 13.6 Å². The molecule has 0 bridgehead atoms. The molecule has 0 aliphatic heterocycles. The fourth-order valence-electron chi connectivity index (χ4n) is 2.69. The van der Waals surface area contributed by atoms with Crippen molar-refractivity contribution >= 4 is 12.9 Å². The van der Waals surface area contributed by atoms with Crippen LogP contribution in [0.4, 0.5) is 0 Å². The van der Waals surface area contributed by atoms with Gasteiger partial charge in [-0.15, -0.1) is 0 Å². The zero-order valence-corrected chi connectivity index (χ0v) is 14.5. The van der Waals surface area contributed by atoms with Gasteiger partial charge >= 0.3 is 7.60 Å². The fraction of sp³-hybridized carbons (Fsp3) is 0.333. The molecule has 0 fully saturated rings. The SMILES string of the molecule is CCOP(=O)(OCC)c1c(C)cc(-c2ccccc2)cc1C. The van der Waals surface area contributed by atoms with Crippen LogP contribution in [0.25, 0.3) is 11.1 Å². The summed E-state index contributed by atoms with van der Waals surface area (Å²) in [7, 11) is -3.26. The van der Waals surface area contributed by atoms with Crippen LogP contribution in [0.1, 0.15) is 25.0 Å². The van der Waals surface area contributed by atoms with E-state index in [0.29, 0.717) is 18.5 Å². The second kappa shape index (κ2) is 7.23. The van der Waals surface area contributed by atoms with E-state index < -0.39 is 7.60 Å². The summed E-state index contributed by atoms with van der Waals surface area (Å²) in [6.07, 6.45) is 0. The van der Waals surface area contributed by atoms with Crippen molar-refractivity contribution < 1.29 is 13.6 Å². The standard InChI is InChI=1S/C18H23O3P/c1-5-20-22(19,21-6-2)18-14(3)12-17(13-15(18)4)16-10-8-7-9-11-16/h7-13H,5-6H2,1-4H3. The molecule has 0 N–H and O–H groups in total. The van der Waals surface area contributed by atoms with Gasteiger partial charge in [0.15, 0.2) is 0 Å². The Morgan fingerprint density at radius 3 is 1.82 bits per heavy atom. The van der Waals surface area contributed by atoms with Crippen LogP contribution in [0, 0.1) is 13.8 Å². The lowest BCUT2D eigenvalue weighted by molar-refractivity contribution is 0.229. The summed E-state index contributed by atoms with van der Waals surface area (Å²) in [5.41, 5.74) is 4.12. The number of hydrogen-bond acceptors (Lipinski definition) is 3. The molecule has 2 rings (SSSR count). The third-order valence-corrected chi connectivity index (χ3v) is 5.92. The molecule has 0 atom stereocenters. The van der Waals surface area contributed by atoms with Gasteiger partial charge in [-0.2, -0.15) is 0 Å². The van der Waals surface area contributed by atoms with Crippen LogP contribution in [0.2, 0.25) is 0 Å². The van der Waals surface area contributed by atoms with Gasteiger partial charge in [-0.1, -0.05) is 42.5 Å². The Morgan fingerprint density at radius 1 is 0.864 bits per heavy atom. The molecule has 4 heteroatoms. The van der Waals surface area contributed by atoms with Gasteiger partial charge in [-0.3, -0.25) is 4.57 Å². The van der Waals surface area contributed by atoms with Crippen LogP contribution in [-0.4, -0.2) is 13.2 Å². The number of hydrogen-bond donors (Lipinski definition) is 0. The van der Waals surface area contributed by atoms with E-state index in [-0.39, 0.29) is 0 Å². The first-order chi connectivity index (χ1) is 10.5. The second-order valence-electron chi connectivity index (χ2n) is 5.16. The average Bonchev–Trinajstić information content (AvgIpc) is 2.47. The van der Waals surface area contributed by atoms with E-state index in [0.717, 1.165) is 22.3 Å². The van der Waals surface area contributed by atoms with Crippen LogP contribution < -0.4 is 5.30 Å². The largest absolute Gasteiger partial charge is 0.361 e. The third-order valence-electron chi connectivity index (χ3n) is 3.47. The summed E-state index contributed by atoms with van der Waals surface area (Å²) in [5.74, 6) is 0. The highest BCUT2D eigenvalue weighted by Crippen LogP contribution is 2.49. The Balaban J connectivity index is 2.53. The topological polar surface area (TPSA) is 35.5 Å². The van der Waals surface area contributed by atoms with Crippen molar-refractivity contribution in [1.29, 1.82) is 0 Å². The zero-order chi connectivity index (χ0) is 16.2. The molecule has 0 unspecified atom stereocenters. The van der Waals surface area contributed by atoms with Crippen molar-refractivity contribution in [3.63, 3.8) is 0 Å². The van der Waals surface area contributed by atoms with E-state index in [1.54, 1.807) is 0 Å².